The number of hydrogen-bond acceptors (Lipinski definition) is 7. The van der Waals surface area contributed by atoms with Gasteiger partial charge in [0.15, 0.2) is 0 Å². The summed E-state index contributed by atoms with van der Waals surface area (Å²) in [7, 11) is -3.53. The van der Waals surface area contributed by atoms with Crippen LogP contribution in [0, 0.1) is 6.92 Å². The summed E-state index contributed by atoms with van der Waals surface area (Å²) in [5, 5.41) is 5.79. The number of rotatable bonds is 5. The van der Waals surface area contributed by atoms with E-state index in [9.17, 15) is 21.6 Å². The maximum Gasteiger partial charge on any atom is 0.416 e. The van der Waals surface area contributed by atoms with E-state index in [1.165, 1.54) is 10.4 Å². The lowest BCUT2D eigenvalue weighted by molar-refractivity contribution is -0.137. The van der Waals surface area contributed by atoms with Crippen molar-refractivity contribution in [3.05, 3.63) is 46.4 Å². The number of benzene rings is 1. The summed E-state index contributed by atoms with van der Waals surface area (Å²) >= 11 is 0. The van der Waals surface area contributed by atoms with Gasteiger partial charge in [0.1, 0.15) is 11.6 Å². The topological polar surface area (TPSA) is 113 Å². The van der Waals surface area contributed by atoms with Crippen molar-refractivity contribution in [1.29, 1.82) is 0 Å². The van der Waals surface area contributed by atoms with Crippen molar-refractivity contribution in [2.24, 2.45) is 0 Å². The van der Waals surface area contributed by atoms with E-state index < -0.39 is 33.1 Å². The maximum absolute atomic E-state index is 13.2. The second-order valence-corrected chi connectivity index (χ2v) is 10.8. The van der Waals surface area contributed by atoms with Gasteiger partial charge in [-0.15, -0.1) is 0 Å². The van der Waals surface area contributed by atoms with E-state index in [2.05, 4.69) is 20.6 Å². The number of nitrogens with two attached hydrogens (primary N) is 1. The van der Waals surface area contributed by atoms with Gasteiger partial charge in [0.25, 0.3) is 0 Å². The van der Waals surface area contributed by atoms with Gasteiger partial charge in [0.05, 0.1) is 29.1 Å². The normalized spacial score (nSPS) is 20.5. The number of nitrogens with one attached hydrogen (secondary N) is 2. The quantitative estimate of drug-likeness (QED) is 0.559. The molecule has 1 saturated heterocycles. The molecule has 0 saturated carbocycles. The Morgan fingerprint density at radius 3 is 2.67 bits per heavy atom. The summed E-state index contributed by atoms with van der Waals surface area (Å²) in [5.41, 5.74) is 6.48. The number of nitrogens with zero attached hydrogens (tertiary/aromatic N) is 3. The van der Waals surface area contributed by atoms with Crippen molar-refractivity contribution in [1.82, 2.24) is 19.6 Å². The number of fused-ring (bicyclic) bond motifs is 1. The molecule has 3 heterocycles. The van der Waals surface area contributed by atoms with E-state index in [-0.39, 0.29) is 18.8 Å². The molecule has 2 aliphatic rings. The Labute approximate surface area is 190 Å². The van der Waals surface area contributed by atoms with E-state index in [4.69, 9.17) is 5.73 Å². The van der Waals surface area contributed by atoms with Gasteiger partial charge in [-0.3, -0.25) is 0 Å². The fraction of sp³-hybridized carbons (Fsp3) is 0.524. The summed E-state index contributed by atoms with van der Waals surface area (Å²) < 4.78 is 67.4. The van der Waals surface area contributed by atoms with Crippen molar-refractivity contribution in [3.8, 4) is 0 Å². The van der Waals surface area contributed by atoms with Crippen LogP contribution in [0.4, 0.5) is 24.7 Å². The summed E-state index contributed by atoms with van der Waals surface area (Å²) in [6.07, 6.45) is -3.11. The zero-order valence-corrected chi connectivity index (χ0v) is 19.2. The highest BCUT2D eigenvalue weighted by Gasteiger charge is 2.38. The maximum atomic E-state index is 13.2. The second kappa shape index (κ2) is 8.73. The Kier molecular flexibility index (Phi) is 6.27. The average Bonchev–Trinajstić information content (AvgIpc) is 3.18. The molecule has 2 aromatic rings. The van der Waals surface area contributed by atoms with Crippen molar-refractivity contribution in [2.45, 2.75) is 57.2 Å². The Balaban J connectivity index is 1.59. The van der Waals surface area contributed by atoms with Gasteiger partial charge in [-0.2, -0.15) is 17.5 Å². The van der Waals surface area contributed by atoms with E-state index in [1.807, 2.05) is 0 Å². The van der Waals surface area contributed by atoms with Crippen LogP contribution in [0.1, 0.15) is 54.0 Å². The number of anilines is 2. The molecule has 0 radical (unpaired) electrons. The molecule has 0 amide bonds. The summed E-state index contributed by atoms with van der Waals surface area (Å²) in [5.74, 6) is 0.867. The molecule has 4 N–H and O–H groups in total. The molecule has 0 bridgehead atoms. The first-order chi connectivity index (χ1) is 15.4. The molecule has 8 nitrogen and oxygen atoms in total. The number of aromatic nitrogens is 2. The fourth-order valence-electron chi connectivity index (χ4n) is 4.31. The van der Waals surface area contributed by atoms with Gasteiger partial charge in [-0.05, 0) is 57.0 Å². The van der Waals surface area contributed by atoms with Crippen molar-refractivity contribution in [3.63, 3.8) is 0 Å². The number of halogens is 3. The van der Waals surface area contributed by atoms with Crippen LogP contribution in [-0.4, -0.2) is 41.0 Å². The minimum Gasteiger partial charge on any atom is -0.399 e. The molecule has 2 aliphatic heterocycles. The van der Waals surface area contributed by atoms with Gasteiger partial charge in [0, 0.05) is 24.3 Å². The molecule has 0 spiro atoms. The van der Waals surface area contributed by atoms with Crippen LogP contribution >= 0.6 is 0 Å². The summed E-state index contributed by atoms with van der Waals surface area (Å²) in [6.45, 7) is 4.89. The first kappa shape index (κ1) is 23.7. The first-order valence-electron chi connectivity index (χ1n) is 10.8. The smallest absolute Gasteiger partial charge is 0.399 e. The van der Waals surface area contributed by atoms with Crippen LogP contribution in [0.25, 0.3) is 0 Å². The van der Waals surface area contributed by atoms with Gasteiger partial charge >= 0.3 is 6.18 Å². The Morgan fingerprint density at radius 1 is 1.24 bits per heavy atom. The summed E-state index contributed by atoms with van der Waals surface area (Å²) in [6, 6.07) is 2.87. The Hall–Kier alpha value is -2.44. The number of nitrogen functional groups attached to an aromatic ring is 1. The predicted molar refractivity (Wildman–Crippen MR) is 119 cm³/mol. The Bertz CT molecular complexity index is 1150. The van der Waals surface area contributed by atoms with Gasteiger partial charge < -0.3 is 16.4 Å². The van der Waals surface area contributed by atoms with Crippen LogP contribution in [0.15, 0.2) is 18.2 Å². The van der Waals surface area contributed by atoms with Crippen LogP contribution in [0.2, 0.25) is 0 Å². The largest absolute Gasteiger partial charge is 0.416 e. The molecule has 12 heteroatoms. The highest BCUT2D eigenvalue weighted by molar-refractivity contribution is 7.89. The lowest BCUT2D eigenvalue weighted by Gasteiger charge is -2.27. The molecule has 1 aromatic heterocycles. The first-order valence-corrected chi connectivity index (χ1v) is 12.3. The van der Waals surface area contributed by atoms with Crippen LogP contribution < -0.4 is 16.4 Å². The van der Waals surface area contributed by atoms with Crippen molar-refractivity contribution >= 4 is 21.5 Å². The van der Waals surface area contributed by atoms with E-state index in [1.54, 1.807) is 13.8 Å². The van der Waals surface area contributed by atoms with Crippen LogP contribution in [-0.2, 0) is 29.3 Å². The zero-order chi connectivity index (χ0) is 24.0. The molecular formula is C21H27F3N6O2S. The second-order valence-electron chi connectivity index (χ2n) is 8.58. The number of piperidine rings is 1. The fourth-order valence-corrected chi connectivity index (χ4v) is 6.14. The molecule has 4 rings (SSSR count). The SMILES string of the molecule is Cc1nc2c(c(N[C@H](C)c3cc(N)cc(C(F)(F)F)c3)n1)CN(S(=O)(=O)C1CCCNC1)C2. The minimum atomic E-state index is -4.51. The number of hydrogen-bond donors (Lipinski definition) is 3. The average molecular weight is 485 g/mol. The monoisotopic (exact) mass is 484 g/mol. The summed E-state index contributed by atoms with van der Waals surface area (Å²) in [4.78, 5) is 8.85. The van der Waals surface area contributed by atoms with Crippen LogP contribution in [0.3, 0.4) is 0 Å². The molecule has 1 fully saturated rings. The highest BCUT2D eigenvalue weighted by Crippen LogP contribution is 2.35. The van der Waals surface area contributed by atoms with E-state index >= 15 is 0 Å². The molecule has 1 unspecified atom stereocenters. The lowest BCUT2D eigenvalue weighted by Crippen LogP contribution is -2.44. The van der Waals surface area contributed by atoms with Crippen LogP contribution in [0.5, 0.6) is 0 Å². The lowest BCUT2D eigenvalue weighted by atomic mass is 10.0. The highest BCUT2D eigenvalue weighted by atomic mass is 32.2. The third kappa shape index (κ3) is 4.92. The number of alkyl halides is 3. The standard InChI is InChI=1S/C21H27F3N6O2S/c1-12(14-6-15(21(22,23)24)8-16(25)7-14)27-20-18-10-30(11-19(18)28-13(2)29-20)33(31,32)17-4-3-5-26-9-17/h6-8,12,17,26H,3-5,9-11,25H2,1-2H3,(H,27,28,29)/t12-,17?/m1/s1. The third-order valence-electron chi connectivity index (χ3n) is 6.06. The van der Waals surface area contributed by atoms with E-state index in [0.717, 1.165) is 25.1 Å². The van der Waals surface area contributed by atoms with Gasteiger partial charge in [-0.1, -0.05) is 0 Å². The van der Waals surface area contributed by atoms with E-state index in [0.29, 0.717) is 41.4 Å². The van der Waals surface area contributed by atoms with Gasteiger partial charge in [-0.25, -0.2) is 18.4 Å². The minimum absolute atomic E-state index is 0.0101. The molecular weight excluding hydrogens is 457 g/mol. The molecule has 33 heavy (non-hydrogen) atoms. The Morgan fingerprint density at radius 2 is 2.00 bits per heavy atom. The molecule has 0 aliphatic carbocycles. The van der Waals surface area contributed by atoms with Crippen molar-refractivity contribution < 1.29 is 21.6 Å². The number of sulfonamides is 1. The molecule has 1 aromatic carbocycles. The predicted octanol–water partition coefficient (Wildman–Crippen LogP) is 2.96. The van der Waals surface area contributed by atoms with Gasteiger partial charge in [0.2, 0.25) is 10.0 Å². The van der Waals surface area contributed by atoms with Crippen molar-refractivity contribution in [2.75, 3.05) is 24.1 Å². The number of aryl methyl sites for hydroxylation is 1. The molecule has 180 valence electrons. The molecule has 2 atom stereocenters. The zero-order valence-electron chi connectivity index (χ0n) is 18.4. The third-order valence-corrected chi connectivity index (χ3v) is 8.28.